The van der Waals surface area contributed by atoms with Crippen LogP contribution < -0.4 is 14.8 Å². The Morgan fingerprint density at radius 2 is 1.78 bits per heavy atom. The molecule has 4 nitrogen and oxygen atoms in total. The summed E-state index contributed by atoms with van der Waals surface area (Å²) in [5.41, 5.74) is 2.18. The van der Waals surface area contributed by atoms with Crippen LogP contribution in [-0.4, -0.2) is 38.2 Å². The van der Waals surface area contributed by atoms with Crippen LogP contribution in [-0.2, 0) is 13.2 Å². The number of ether oxygens (including phenoxy) is 2. The molecule has 148 valence electrons. The molecule has 27 heavy (non-hydrogen) atoms. The van der Waals surface area contributed by atoms with Gasteiger partial charge in [0, 0.05) is 6.54 Å². The fourth-order valence-electron chi connectivity index (χ4n) is 2.95. The van der Waals surface area contributed by atoms with Gasteiger partial charge in [0.2, 0.25) is 0 Å². The number of nitrogens with zero attached hydrogens (tertiary/aromatic N) is 1. The van der Waals surface area contributed by atoms with Gasteiger partial charge in [-0.25, -0.2) is 0 Å². The number of halogens is 1. The highest BCUT2D eigenvalue weighted by atomic mass is 35.5. The lowest BCUT2D eigenvalue weighted by molar-refractivity contribution is 0.284. The number of rotatable bonds is 12. The van der Waals surface area contributed by atoms with E-state index in [-0.39, 0.29) is 0 Å². The van der Waals surface area contributed by atoms with Crippen molar-refractivity contribution in [2.24, 2.45) is 0 Å². The van der Waals surface area contributed by atoms with E-state index in [1.54, 1.807) is 7.11 Å². The highest BCUT2D eigenvalue weighted by Crippen LogP contribution is 2.37. The molecular weight excluding hydrogens is 360 g/mol. The summed E-state index contributed by atoms with van der Waals surface area (Å²) >= 11 is 6.46. The zero-order valence-electron chi connectivity index (χ0n) is 16.6. The summed E-state index contributed by atoms with van der Waals surface area (Å²) < 4.78 is 11.4. The molecule has 0 aliphatic heterocycles. The summed E-state index contributed by atoms with van der Waals surface area (Å²) in [6, 6.07) is 14.0. The van der Waals surface area contributed by atoms with Crippen molar-refractivity contribution in [1.29, 1.82) is 0 Å². The summed E-state index contributed by atoms with van der Waals surface area (Å²) in [6.45, 7) is 9.92. The molecule has 0 spiro atoms. The Hall–Kier alpha value is -1.75. The van der Waals surface area contributed by atoms with E-state index < -0.39 is 0 Å². The van der Waals surface area contributed by atoms with E-state index in [9.17, 15) is 0 Å². The van der Waals surface area contributed by atoms with Crippen molar-refractivity contribution in [2.45, 2.75) is 33.4 Å². The Kier molecular flexibility index (Phi) is 9.46. The van der Waals surface area contributed by atoms with Crippen LogP contribution in [0.3, 0.4) is 0 Å². The molecular formula is C22H31ClN2O2. The largest absolute Gasteiger partial charge is 0.493 e. The van der Waals surface area contributed by atoms with Crippen LogP contribution >= 0.6 is 11.6 Å². The second kappa shape index (κ2) is 11.9. The molecule has 0 atom stereocenters. The van der Waals surface area contributed by atoms with E-state index in [1.807, 2.05) is 42.5 Å². The summed E-state index contributed by atoms with van der Waals surface area (Å²) in [5.74, 6) is 1.26. The summed E-state index contributed by atoms with van der Waals surface area (Å²) in [6.07, 6.45) is 1.13. The lowest BCUT2D eigenvalue weighted by Gasteiger charge is -2.18. The van der Waals surface area contributed by atoms with Gasteiger partial charge in [-0.05, 0) is 55.9 Å². The average Bonchev–Trinajstić information content (AvgIpc) is 2.70. The quantitative estimate of drug-likeness (QED) is 0.530. The van der Waals surface area contributed by atoms with E-state index in [2.05, 4.69) is 24.1 Å². The molecule has 0 amide bonds. The van der Waals surface area contributed by atoms with Gasteiger partial charge in [0.1, 0.15) is 6.61 Å². The number of methoxy groups -OCH3 is 1. The van der Waals surface area contributed by atoms with Gasteiger partial charge in [-0.1, -0.05) is 55.8 Å². The smallest absolute Gasteiger partial charge is 0.180 e. The Bertz CT molecular complexity index is 676. The second-order valence-corrected chi connectivity index (χ2v) is 6.85. The summed E-state index contributed by atoms with van der Waals surface area (Å²) in [7, 11) is 1.64. The molecule has 0 radical (unpaired) electrons. The van der Waals surface area contributed by atoms with Crippen molar-refractivity contribution in [2.75, 3.05) is 33.3 Å². The third-order valence-corrected chi connectivity index (χ3v) is 4.85. The predicted molar refractivity (Wildman–Crippen MR) is 113 cm³/mol. The zero-order valence-corrected chi connectivity index (χ0v) is 17.4. The molecule has 1 N–H and O–H groups in total. The number of hydrogen-bond acceptors (Lipinski definition) is 4. The lowest BCUT2D eigenvalue weighted by Crippen LogP contribution is -2.27. The Balaban J connectivity index is 1.89. The topological polar surface area (TPSA) is 33.7 Å². The SMILES string of the molecule is CCN(CC)CCCNCc1cc(Cl)c(OCc2ccccc2)c(OC)c1. The zero-order chi connectivity index (χ0) is 19.5. The summed E-state index contributed by atoms with van der Waals surface area (Å²) in [4.78, 5) is 2.43. The average molecular weight is 391 g/mol. The van der Waals surface area contributed by atoms with Gasteiger partial charge in [0.15, 0.2) is 11.5 Å². The van der Waals surface area contributed by atoms with E-state index in [0.29, 0.717) is 23.1 Å². The lowest BCUT2D eigenvalue weighted by atomic mass is 10.2. The molecule has 0 unspecified atom stereocenters. The van der Waals surface area contributed by atoms with Crippen LogP contribution in [0.5, 0.6) is 11.5 Å². The van der Waals surface area contributed by atoms with Gasteiger partial charge >= 0.3 is 0 Å². The van der Waals surface area contributed by atoms with Gasteiger partial charge in [0.25, 0.3) is 0 Å². The number of hydrogen-bond donors (Lipinski definition) is 1. The van der Waals surface area contributed by atoms with Crippen molar-refractivity contribution in [1.82, 2.24) is 10.2 Å². The third-order valence-electron chi connectivity index (χ3n) is 4.57. The first-order valence-corrected chi connectivity index (χ1v) is 10.0. The molecule has 0 aliphatic rings. The standard InChI is InChI=1S/C22H31ClN2O2/c1-4-25(5-2)13-9-12-24-16-19-14-20(23)22(21(15-19)26-3)27-17-18-10-7-6-8-11-18/h6-8,10-11,14-15,24H,4-5,9,12-13,16-17H2,1-3H3. The molecule has 0 heterocycles. The van der Waals surface area contributed by atoms with Crippen molar-refractivity contribution in [3.05, 3.63) is 58.6 Å². The van der Waals surface area contributed by atoms with Crippen molar-refractivity contribution in [3.63, 3.8) is 0 Å². The molecule has 2 aromatic rings. The molecule has 0 saturated carbocycles. The molecule has 0 aromatic heterocycles. The van der Waals surface area contributed by atoms with Crippen LogP contribution in [0.25, 0.3) is 0 Å². The number of nitrogens with one attached hydrogen (secondary N) is 1. The second-order valence-electron chi connectivity index (χ2n) is 6.44. The molecule has 2 aromatic carbocycles. The normalized spacial score (nSPS) is 11.0. The van der Waals surface area contributed by atoms with Crippen LogP contribution in [0.1, 0.15) is 31.4 Å². The van der Waals surface area contributed by atoms with Crippen LogP contribution in [0.2, 0.25) is 5.02 Å². The van der Waals surface area contributed by atoms with Crippen LogP contribution in [0, 0.1) is 0 Å². The van der Waals surface area contributed by atoms with E-state index in [4.69, 9.17) is 21.1 Å². The monoisotopic (exact) mass is 390 g/mol. The highest BCUT2D eigenvalue weighted by Gasteiger charge is 2.12. The minimum atomic E-state index is 0.458. The highest BCUT2D eigenvalue weighted by molar-refractivity contribution is 6.32. The van der Waals surface area contributed by atoms with Gasteiger partial charge in [-0.3, -0.25) is 0 Å². The maximum absolute atomic E-state index is 6.46. The molecule has 5 heteroatoms. The van der Waals surface area contributed by atoms with Gasteiger partial charge in [-0.15, -0.1) is 0 Å². The van der Waals surface area contributed by atoms with Gasteiger partial charge in [0.05, 0.1) is 12.1 Å². The van der Waals surface area contributed by atoms with Gasteiger partial charge < -0.3 is 19.7 Å². The van der Waals surface area contributed by atoms with E-state index in [0.717, 1.165) is 50.3 Å². The fraction of sp³-hybridized carbons (Fsp3) is 0.455. The molecule has 0 aliphatic carbocycles. The first-order chi connectivity index (χ1) is 13.2. The molecule has 0 saturated heterocycles. The van der Waals surface area contributed by atoms with E-state index >= 15 is 0 Å². The first kappa shape index (κ1) is 21.5. The van der Waals surface area contributed by atoms with Crippen molar-refractivity contribution in [3.8, 4) is 11.5 Å². The Labute approximate surface area is 168 Å². The first-order valence-electron chi connectivity index (χ1n) is 9.64. The van der Waals surface area contributed by atoms with Crippen LogP contribution in [0.4, 0.5) is 0 Å². The molecule has 2 rings (SSSR count). The maximum Gasteiger partial charge on any atom is 0.180 e. The van der Waals surface area contributed by atoms with Gasteiger partial charge in [-0.2, -0.15) is 0 Å². The Morgan fingerprint density at radius 3 is 2.44 bits per heavy atom. The fourth-order valence-corrected chi connectivity index (χ4v) is 3.23. The van der Waals surface area contributed by atoms with E-state index in [1.165, 1.54) is 0 Å². The third kappa shape index (κ3) is 7.06. The minimum absolute atomic E-state index is 0.458. The predicted octanol–water partition coefficient (Wildman–Crippen LogP) is 4.75. The molecule has 0 bridgehead atoms. The molecule has 0 fully saturated rings. The number of benzene rings is 2. The maximum atomic E-state index is 6.46. The van der Waals surface area contributed by atoms with Crippen LogP contribution in [0.15, 0.2) is 42.5 Å². The minimum Gasteiger partial charge on any atom is -0.493 e. The Morgan fingerprint density at radius 1 is 1.04 bits per heavy atom. The van der Waals surface area contributed by atoms with Crippen molar-refractivity contribution >= 4 is 11.6 Å². The summed E-state index contributed by atoms with van der Waals surface area (Å²) in [5, 5.41) is 4.05. The van der Waals surface area contributed by atoms with Crippen molar-refractivity contribution < 1.29 is 9.47 Å².